The summed E-state index contributed by atoms with van der Waals surface area (Å²) >= 11 is 1.13. The van der Waals surface area contributed by atoms with Crippen LogP contribution in [-0.2, 0) is 10.0 Å². The average molecular weight is 432 g/mol. The number of H-pyrrole nitrogens is 1. The van der Waals surface area contributed by atoms with Gasteiger partial charge in [0.05, 0.1) is 0 Å². The summed E-state index contributed by atoms with van der Waals surface area (Å²) in [7, 11) is -3.66. The molecule has 4 rings (SSSR count). The first-order valence-corrected chi connectivity index (χ1v) is 11.7. The summed E-state index contributed by atoms with van der Waals surface area (Å²) in [6.07, 6.45) is 2.73. The highest BCUT2D eigenvalue weighted by Gasteiger charge is 2.31. The van der Waals surface area contributed by atoms with Crippen LogP contribution in [-0.4, -0.2) is 46.9 Å². The minimum absolute atomic E-state index is 0.0784. The van der Waals surface area contributed by atoms with Crippen molar-refractivity contribution in [3.05, 3.63) is 46.4 Å². The summed E-state index contributed by atoms with van der Waals surface area (Å²) in [6, 6.07) is 8.60. The van der Waals surface area contributed by atoms with Gasteiger partial charge in [0.15, 0.2) is 5.82 Å². The number of aromatic nitrogens is 3. The number of anilines is 1. The van der Waals surface area contributed by atoms with E-state index in [0.717, 1.165) is 42.0 Å². The lowest BCUT2D eigenvalue weighted by Gasteiger charge is -2.25. The molecule has 0 unspecified atom stereocenters. The molecule has 1 aliphatic rings. The second-order valence-electron chi connectivity index (χ2n) is 6.85. The van der Waals surface area contributed by atoms with Crippen LogP contribution < -0.4 is 5.32 Å². The normalized spacial score (nSPS) is 15.3. The van der Waals surface area contributed by atoms with Crippen LogP contribution in [0.2, 0.25) is 0 Å². The monoisotopic (exact) mass is 431 g/mol. The summed E-state index contributed by atoms with van der Waals surface area (Å²) in [6.45, 7) is 2.82. The van der Waals surface area contributed by atoms with E-state index in [4.69, 9.17) is 0 Å². The maximum absolute atomic E-state index is 13.0. The Balaban J connectivity index is 1.52. The summed E-state index contributed by atoms with van der Waals surface area (Å²) < 4.78 is 27.4. The first-order valence-electron chi connectivity index (χ1n) is 9.33. The second-order valence-corrected chi connectivity index (χ2v) is 9.68. The molecule has 0 spiro atoms. The lowest BCUT2D eigenvalue weighted by molar-refractivity contribution is 0.102. The second kappa shape index (κ2) is 8.05. The van der Waals surface area contributed by atoms with E-state index in [9.17, 15) is 13.2 Å². The number of nitrogens with one attached hydrogen (secondary N) is 2. The van der Waals surface area contributed by atoms with Gasteiger partial charge in [-0.25, -0.2) is 13.4 Å². The minimum atomic E-state index is -3.66. The first kappa shape index (κ1) is 19.7. The molecule has 0 saturated carbocycles. The quantitative estimate of drug-likeness (QED) is 0.645. The van der Waals surface area contributed by atoms with E-state index in [-0.39, 0.29) is 9.77 Å². The van der Waals surface area contributed by atoms with Gasteiger partial charge in [-0.2, -0.15) is 9.40 Å². The van der Waals surface area contributed by atoms with Crippen LogP contribution in [0.4, 0.5) is 5.69 Å². The van der Waals surface area contributed by atoms with Gasteiger partial charge in [-0.1, -0.05) is 6.42 Å². The maximum atomic E-state index is 13.0. The smallest absolute Gasteiger partial charge is 0.267 e. The number of aromatic amines is 1. The maximum Gasteiger partial charge on any atom is 0.267 e. The Hall–Kier alpha value is -2.56. The van der Waals surface area contributed by atoms with Crippen molar-refractivity contribution < 1.29 is 13.2 Å². The Bertz CT molecular complexity index is 1110. The van der Waals surface area contributed by atoms with Gasteiger partial charge in [-0.15, -0.1) is 11.3 Å². The molecule has 2 aromatic heterocycles. The Morgan fingerprint density at radius 3 is 2.52 bits per heavy atom. The average Bonchev–Trinajstić information content (AvgIpc) is 3.39. The van der Waals surface area contributed by atoms with Crippen LogP contribution in [0, 0.1) is 6.92 Å². The number of piperidine rings is 1. The number of sulfonamides is 1. The standard InChI is InChI=1S/C19H21N5O3S2/c1-13-20-18(23-22-13)14-5-7-15(8-6-14)21-19(25)17-16(9-12-28-17)29(26,27)24-10-3-2-4-11-24/h5-9,12H,2-4,10-11H2,1H3,(H,21,25)(H,20,22,23). The third kappa shape index (κ3) is 4.09. The van der Waals surface area contributed by atoms with E-state index < -0.39 is 15.9 Å². The van der Waals surface area contributed by atoms with Crippen molar-refractivity contribution in [2.45, 2.75) is 31.1 Å². The molecule has 10 heteroatoms. The number of benzene rings is 1. The molecular weight excluding hydrogens is 410 g/mol. The minimum Gasteiger partial charge on any atom is -0.321 e. The molecule has 1 amide bonds. The molecule has 29 heavy (non-hydrogen) atoms. The molecule has 1 fully saturated rings. The highest BCUT2D eigenvalue weighted by Crippen LogP contribution is 2.28. The van der Waals surface area contributed by atoms with E-state index in [1.54, 1.807) is 29.6 Å². The molecule has 3 aromatic rings. The Morgan fingerprint density at radius 1 is 1.14 bits per heavy atom. The predicted octanol–water partition coefficient (Wildman–Crippen LogP) is 3.27. The fraction of sp³-hybridized carbons (Fsp3) is 0.316. The van der Waals surface area contributed by atoms with Crippen molar-refractivity contribution in [1.82, 2.24) is 19.5 Å². The molecule has 152 valence electrons. The van der Waals surface area contributed by atoms with Crippen molar-refractivity contribution in [3.63, 3.8) is 0 Å². The van der Waals surface area contributed by atoms with E-state index in [1.807, 2.05) is 6.92 Å². The summed E-state index contributed by atoms with van der Waals surface area (Å²) in [4.78, 5) is 17.3. The van der Waals surface area contributed by atoms with Crippen LogP contribution in [0.1, 0.15) is 34.8 Å². The zero-order valence-electron chi connectivity index (χ0n) is 15.9. The van der Waals surface area contributed by atoms with Gasteiger partial charge in [0, 0.05) is 24.3 Å². The molecule has 8 nitrogen and oxygen atoms in total. The zero-order chi connectivity index (χ0) is 20.4. The largest absolute Gasteiger partial charge is 0.321 e. The van der Waals surface area contributed by atoms with Gasteiger partial charge in [-0.05, 0) is 55.5 Å². The topological polar surface area (TPSA) is 108 Å². The van der Waals surface area contributed by atoms with Gasteiger partial charge in [0.25, 0.3) is 5.91 Å². The first-order chi connectivity index (χ1) is 13.9. The SMILES string of the molecule is Cc1nc(-c2ccc(NC(=O)c3sccc3S(=O)(=O)N3CCCCC3)cc2)n[nH]1. The Morgan fingerprint density at radius 2 is 1.86 bits per heavy atom. The van der Waals surface area contributed by atoms with Gasteiger partial charge in [0.2, 0.25) is 10.0 Å². The summed E-state index contributed by atoms with van der Waals surface area (Å²) in [5.41, 5.74) is 1.39. The highest BCUT2D eigenvalue weighted by atomic mass is 32.2. The molecule has 1 aromatic carbocycles. The third-order valence-electron chi connectivity index (χ3n) is 4.77. The van der Waals surface area contributed by atoms with Crippen molar-refractivity contribution >= 4 is 33.0 Å². The van der Waals surface area contributed by atoms with Crippen molar-refractivity contribution in [1.29, 1.82) is 0 Å². The summed E-state index contributed by atoms with van der Waals surface area (Å²) in [5.74, 6) is 0.864. The fourth-order valence-electron chi connectivity index (χ4n) is 3.27. The number of rotatable bonds is 5. The molecule has 0 atom stereocenters. The van der Waals surface area contributed by atoms with Crippen LogP contribution in [0.3, 0.4) is 0 Å². The number of aryl methyl sites for hydroxylation is 1. The van der Waals surface area contributed by atoms with Crippen LogP contribution in [0.5, 0.6) is 0 Å². The zero-order valence-corrected chi connectivity index (χ0v) is 17.5. The lowest BCUT2D eigenvalue weighted by atomic mass is 10.2. The van der Waals surface area contributed by atoms with Gasteiger partial charge in [-0.3, -0.25) is 9.89 Å². The van der Waals surface area contributed by atoms with Crippen molar-refractivity contribution in [2.24, 2.45) is 0 Å². The Kier molecular flexibility index (Phi) is 5.48. The van der Waals surface area contributed by atoms with E-state index in [0.29, 0.717) is 24.6 Å². The number of carbonyl (C=O) groups excluding carboxylic acids is 1. The third-order valence-corrected chi connectivity index (χ3v) is 7.75. The molecule has 1 saturated heterocycles. The van der Waals surface area contributed by atoms with Gasteiger partial charge < -0.3 is 5.32 Å². The number of amides is 1. The Labute approximate surface area is 173 Å². The lowest BCUT2D eigenvalue weighted by Crippen LogP contribution is -2.36. The van der Waals surface area contributed by atoms with Gasteiger partial charge >= 0.3 is 0 Å². The molecule has 3 heterocycles. The van der Waals surface area contributed by atoms with Crippen molar-refractivity contribution in [2.75, 3.05) is 18.4 Å². The number of nitrogens with zero attached hydrogens (tertiary/aromatic N) is 3. The number of thiophene rings is 1. The molecule has 2 N–H and O–H groups in total. The predicted molar refractivity (Wildman–Crippen MR) is 111 cm³/mol. The van der Waals surface area contributed by atoms with E-state index >= 15 is 0 Å². The number of carbonyl (C=O) groups is 1. The summed E-state index contributed by atoms with van der Waals surface area (Å²) in [5, 5.41) is 11.3. The molecular formula is C19H21N5O3S2. The number of hydrogen-bond acceptors (Lipinski definition) is 6. The van der Waals surface area contributed by atoms with Gasteiger partial charge in [0.1, 0.15) is 15.6 Å². The molecule has 0 radical (unpaired) electrons. The molecule has 0 bridgehead atoms. The molecule has 0 aliphatic carbocycles. The van der Waals surface area contributed by atoms with Crippen LogP contribution in [0.15, 0.2) is 40.6 Å². The highest BCUT2D eigenvalue weighted by molar-refractivity contribution is 7.89. The van der Waals surface area contributed by atoms with Crippen molar-refractivity contribution in [3.8, 4) is 11.4 Å². The number of hydrogen-bond donors (Lipinski definition) is 2. The fourth-order valence-corrected chi connectivity index (χ4v) is 6.09. The molecule has 1 aliphatic heterocycles. The van der Waals surface area contributed by atoms with Crippen LogP contribution in [0.25, 0.3) is 11.4 Å². The van der Waals surface area contributed by atoms with E-state index in [1.165, 1.54) is 10.4 Å². The van der Waals surface area contributed by atoms with E-state index in [2.05, 4.69) is 20.5 Å². The van der Waals surface area contributed by atoms with Crippen LogP contribution >= 0.6 is 11.3 Å².